The lowest BCUT2D eigenvalue weighted by Crippen LogP contribution is -2.31. The molecule has 7 heteroatoms. The van der Waals surface area contributed by atoms with Gasteiger partial charge in [0.05, 0.1) is 12.1 Å². The number of aliphatic carboxylic acids is 1. The first kappa shape index (κ1) is 17.5. The molecule has 0 bridgehead atoms. The molecule has 0 fully saturated rings. The van der Waals surface area contributed by atoms with Gasteiger partial charge < -0.3 is 10.4 Å². The summed E-state index contributed by atoms with van der Waals surface area (Å²) < 4.78 is 27.1. The molecule has 0 aliphatic rings. The molecule has 3 N–H and O–H groups in total. The van der Waals surface area contributed by atoms with E-state index >= 15 is 0 Å². The highest BCUT2D eigenvalue weighted by atomic mass is 32.2. The number of benzene rings is 1. The van der Waals surface area contributed by atoms with Crippen molar-refractivity contribution in [2.75, 3.05) is 5.32 Å². The van der Waals surface area contributed by atoms with Crippen LogP contribution in [-0.2, 0) is 14.8 Å². The van der Waals surface area contributed by atoms with Crippen LogP contribution in [0, 0.1) is 0 Å². The van der Waals surface area contributed by atoms with Gasteiger partial charge in [-0.2, -0.15) is 0 Å². The summed E-state index contributed by atoms with van der Waals surface area (Å²) in [5, 5.41) is 11.9. The Morgan fingerprint density at radius 1 is 1.29 bits per heavy atom. The molecule has 0 aliphatic heterocycles. The lowest BCUT2D eigenvalue weighted by atomic mass is 10.1. The second-order valence-electron chi connectivity index (χ2n) is 5.12. The Morgan fingerprint density at radius 3 is 2.43 bits per heavy atom. The molecule has 1 rings (SSSR count). The summed E-state index contributed by atoms with van der Waals surface area (Å²) in [6.07, 6.45) is 0.515. The molecule has 21 heavy (non-hydrogen) atoms. The molecule has 0 spiro atoms. The van der Waals surface area contributed by atoms with Crippen molar-refractivity contribution in [3.8, 4) is 0 Å². The quantitative estimate of drug-likeness (QED) is 0.682. The fourth-order valence-electron chi connectivity index (χ4n) is 1.92. The zero-order chi connectivity index (χ0) is 16.0. The molecule has 0 saturated heterocycles. The first-order valence-corrected chi connectivity index (χ1v) is 8.34. The predicted octanol–water partition coefficient (Wildman–Crippen LogP) is 2.04. The van der Waals surface area contributed by atoms with Crippen LogP contribution in [-0.4, -0.2) is 31.6 Å². The molecule has 0 aromatic heterocycles. The number of rotatable bonds is 8. The minimum atomic E-state index is -3.63. The van der Waals surface area contributed by atoms with E-state index in [4.69, 9.17) is 5.11 Å². The summed E-state index contributed by atoms with van der Waals surface area (Å²) >= 11 is 0. The minimum Gasteiger partial charge on any atom is -0.481 e. The van der Waals surface area contributed by atoms with E-state index in [2.05, 4.69) is 10.0 Å². The van der Waals surface area contributed by atoms with Crippen molar-refractivity contribution in [1.82, 2.24) is 4.72 Å². The van der Waals surface area contributed by atoms with Crippen LogP contribution in [0.5, 0.6) is 0 Å². The Bertz CT molecular complexity index is 584. The first-order valence-electron chi connectivity index (χ1n) is 6.86. The maximum absolute atomic E-state index is 12.3. The number of hydrogen-bond donors (Lipinski definition) is 3. The summed E-state index contributed by atoms with van der Waals surface area (Å²) in [5.74, 6) is -0.921. The van der Waals surface area contributed by atoms with Crippen LogP contribution in [0.2, 0.25) is 0 Å². The van der Waals surface area contributed by atoms with Crippen LogP contribution in [0.3, 0.4) is 0 Å². The van der Waals surface area contributed by atoms with Gasteiger partial charge >= 0.3 is 5.97 Å². The molecule has 1 atom stereocenters. The standard InChI is InChI=1S/C14H22N2O4S/c1-4-11(9-14(17)18)15-12-7-5-6-8-13(12)21(19,20)16-10(2)3/h5-8,10-11,15-16H,4,9H2,1-3H3,(H,17,18). The highest BCUT2D eigenvalue weighted by molar-refractivity contribution is 7.89. The topological polar surface area (TPSA) is 95.5 Å². The van der Waals surface area contributed by atoms with Gasteiger partial charge in [0.2, 0.25) is 10.0 Å². The van der Waals surface area contributed by atoms with E-state index in [1.165, 1.54) is 6.07 Å². The van der Waals surface area contributed by atoms with Crippen molar-refractivity contribution >= 4 is 21.7 Å². The molecule has 1 aromatic rings. The Kier molecular flexibility index (Phi) is 6.17. The third-order valence-electron chi connectivity index (χ3n) is 2.84. The average Bonchev–Trinajstić information content (AvgIpc) is 2.36. The number of hydrogen-bond acceptors (Lipinski definition) is 4. The van der Waals surface area contributed by atoms with E-state index in [9.17, 15) is 13.2 Å². The monoisotopic (exact) mass is 314 g/mol. The molecular formula is C14H22N2O4S. The Hall–Kier alpha value is -1.60. The van der Waals surface area contributed by atoms with Crippen LogP contribution >= 0.6 is 0 Å². The van der Waals surface area contributed by atoms with Gasteiger partial charge in [-0.05, 0) is 32.4 Å². The third-order valence-corrected chi connectivity index (χ3v) is 4.56. The van der Waals surface area contributed by atoms with E-state index in [0.717, 1.165) is 0 Å². The van der Waals surface area contributed by atoms with E-state index in [0.29, 0.717) is 12.1 Å². The normalized spacial score (nSPS) is 13.1. The molecule has 0 heterocycles. The van der Waals surface area contributed by atoms with E-state index in [-0.39, 0.29) is 23.4 Å². The van der Waals surface area contributed by atoms with E-state index < -0.39 is 16.0 Å². The fourth-order valence-corrected chi connectivity index (χ4v) is 3.34. The van der Waals surface area contributed by atoms with Crippen LogP contribution in [0.1, 0.15) is 33.6 Å². The van der Waals surface area contributed by atoms with Crippen LogP contribution < -0.4 is 10.0 Å². The maximum Gasteiger partial charge on any atom is 0.305 e. The molecule has 6 nitrogen and oxygen atoms in total. The van der Waals surface area contributed by atoms with Crippen LogP contribution in [0.15, 0.2) is 29.2 Å². The second kappa shape index (κ2) is 7.42. The van der Waals surface area contributed by atoms with E-state index in [1.807, 2.05) is 6.92 Å². The molecular weight excluding hydrogens is 292 g/mol. The highest BCUT2D eigenvalue weighted by Crippen LogP contribution is 2.22. The van der Waals surface area contributed by atoms with Crippen LogP contribution in [0.4, 0.5) is 5.69 Å². The molecule has 0 aliphatic carbocycles. The number of carbonyl (C=O) groups is 1. The van der Waals surface area contributed by atoms with Gasteiger partial charge in [-0.3, -0.25) is 4.79 Å². The molecule has 1 aromatic carbocycles. The first-order chi connectivity index (χ1) is 9.76. The molecule has 1 unspecified atom stereocenters. The lowest BCUT2D eigenvalue weighted by Gasteiger charge is -2.19. The number of carboxylic acids is 1. The smallest absolute Gasteiger partial charge is 0.305 e. The van der Waals surface area contributed by atoms with Gasteiger partial charge in [-0.25, -0.2) is 13.1 Å². The largest absolute Gasteiger partial charge is 0.481 e. The van der Waals surface area contributed by atoms with Gasteiger partial charge in [0.25, 0.3) is 0 Å². The summed E-state index contributed by atoms with van der Waals surface area (Å²) in [7, 11) is -3.63. The summed E-state index contributed by atoms with van der Waals surface area (Å²) in [5.41, 5.74) is 0.416. The number of nitrogens with one attached hydrogen (secondary N) is 2. The zero-order valence-electron chi connectivity index (χ0n) is 12.5. The van der Waals surface area contributed by atoms with Gasteiger partial charge in [0, 0.05) is 12.1 Å². The number of sulfonamides is 1. The summed E-state index contributed by atoms with van der Waals surface area (Å²) in [4.78, 5) is 10.9. The second-order valence-corrected chi connectivity index (χ2v) is 6.80. The van der Waals surface area contributed by atoms with Gasteiger partial charge in [-0.15, -0.1) is 0 Å². The van der Waals surface area contributed by atoms with Gasteiger partial charge in [0.1, 0.15) is 4.90 Å². The van der Waals surface area contributed by atoms with Crippen molar-refractivity contribution in [1.29, 1.82) is 0 Å². The fraction of sp³-hybridized carbons (Fsp3) is 0.500. The zero-order valence-corrected chi connectivity index (χ0v) is 13.3. The van der Waals surface area contributed by atoms with Crippen molar-refractivity contribution in [3.05, 3.63) is 24.3 Å². The van der Waals surface area contributed by atoms with Gasteiger partial charge in [0.15, 0.2) is 0 Å². The highest BCUT2D eigenvalue weighted by Gasteiger charge is 2.21. The van der Waals surface area contributed by atoms with Crippen molar-refractivity contribution in [3.63, 3.8) is 0 Å². The Labute approximate surface area is 125 Å². The summed E-state index contributed by atoms with van der Waals surface area (Å²) in [6.45, 7) is 5.34. The lowest BCUT2D eigenvalue weighted by molar-refractivity contribution is -0.137. The summed E-state index contributed by atoms with van der Waals surface area (Å²) in [6, 6.07) is 5.95. The Balaban J connectivity index is 3.07. The minimum absolute atomic E-state index is 0.0670. The SMILES string of the molecule is CCC(CC(=O)O)Nc1ccccc1S(=O)(=O)NC(C)C. The number of para-hydroxylation sites is 1. The average molecular weight is 314 g/mol. The molecule has 0 radical (unpaired) electrons. The van der Waals surface area contributed by atoms with Crippen molar-refractivity contribution in [2.24, 2.45) is 0 Å². The molecule has 118 valence electrons. The molecule has 0 amide bonds. The number of anilines is 1. The maximum atomic E-state index is 12.3. The van der Waals surface area contributed by atoms with Crippen molar-refractivity contribution < 1.29 is 18.3 Å². The predicted molar refractivity (Wildman–Crippen MR) is 81.9 cm³/mol. The van der Waals surface area contributed by atoms with Crippen LogP contribution in [0.25, 0.3) is 0 Å². The van der Waals surface area contributed by atoms with Gasteiger partial charge in [-0.1, -0.05) is 19.1 Å². The van der Waals surface area contributed by atoms with E-state index in [1.54, 1.807) is 32.0 Å². The Morgan fingerprint density at radius 2 is 1.90 bits per heavy atom. The molecule has 0 saturated carbocycles. The number of carboxylic acid groups (broad SMARTS) is 1. The van der Waals surface area contributed by atoms with Crippen molar-refractivity contribution in [2.45, 2.75) is 50.6 Å². The third kappa shape index (κ3) is 5.35.